The maximum absolute atomic E-state index is 12.0. The van der Waals surface area contributed by atoms with E-state index in [-0.39, 0.29) is 5.91 Å². The molecule has 1 amide bonds. The molecule has 18 heavy (non-hydrogen) atoms. The molecule has 2 aromatic carbocycles. The van der Waals surface area contributed by atoms with E-state index in [2.05, 4.69) is 5.32 Å². The highest BCUT2D eigenvalue weighted by molar-refractivity contribution is 6.35. The van der Waals surface area contributed by atoms with Crippen molar-refractivity contribution in [3.63, 3.8) is 0 Å². The molecular weight excluding hydrogens is 269 g/mol. The predicted octanol–water partition coefficient (Wildman–Crippen LogP) is 4.55. The van der Waals surface area contributed by atoms with Gasteiger partial charge < -0.3 is 5.32 Å². The number of amides is 1. The number of rotatable bonds is 2. The summed E-state index contributed by atoms with van der Waals surface area (Å²) in [4.78, 5) is 12.0. The summed E-state index contributed by atoms with van der Waals surface area (Å²) in [5.41, 5.74) is 2.19. The van der Waals surface area contributed by atoms with Gasteiger partial charge in [-0.2, -0.15) is 0 Å². The van der Waals surface area contributed by atoms with Crippen molar-refractivity contribution in [3.8, 4) is 0 Å². The lowest BCUT2D eigenvalue weighted by Gasteiger charge is -2.07. The summed E-state index contributed by atoms with van der Waals surface area (Å²) in [6, 6.07) is 12.2. The highest BCUT2D eigenvalue weighted by atomic mass is 35.5. The molecule has 0 bridgehead atoms. The van der Waals surface area contributed by atoms with Gasteiger partial charge in [-0.1, -0.05) is 40.9 Å². The fourth-order valence-corrected chi connectivity index (χ4v) is 1.83. The zero-order valence-electron chi connectivity index (χ0n) is 9.71. The number of hydrogen-bond acceptors (Lipinski definition) is 1. The Kier molecular flexibility index (Phi) is 3.90. The van der Waals surface area contributed by atoms with Gasteiger partial charge in [-0.3, -0.25) is 4.79 Å². The molecule has 0 heterocycles. The fraction of sp³-hybridized carbons (Fsp3) is 0.0714. The molecule has 2 rings (SSSR count). The molecule has 0 aliphatic carbocycles. The number of halogens is 2. The van der Waals surface area contributed by atoms with Crippen LogP contribution in [0.4, 0.5) is 5.69 Å². The summed E-state index contributed by atoms with van der Waals surface area (Å²) in [6.45, 7) is 1.97. The Morgan fingerprint density at radius 3 is 2.39 bits per heavy atom. The molecule has 0 spiro atoms. The largest absolute Gasteiger partial charge is 0.321 e. The monoisotopic (exact) mass is 279 g/mol. The van der Waals surface area contributed by atoms with Gasteiger partial charge in [0.1, 0.15) is 0 Å². The molecule has 0 fully saturated rings. The maximum Gasteiger partial charge on any atom is 0.255 e. The zero-order valence-corrected chi connectivity index (χ0v) is 11.2. The lowest BCUT2D eigenvalue weighted by molar-refractivity contribution is 0.102. The molecule has 0 atom stereocenters. The first kappa shape index (κ1) is 12.9. The minimum absolute atomic E-state index is 0.209. The fourth-order valence-electron chi connectivity index (χ4n) is 1.49. The first-order valence-corrected chi connectivity index (χ1v) is 6.15. The summed E-state index contributed by atoms with van der Waals surface area (Å²) in [6.07, 6.45) is 0. The van der Waals surface area contributed by atoms with Crippen molar-refractivity contribution in [2.24, 2.45) is 0 Å². The second-order valence-corrected chi connectivity index (χ2v) is 4.79. The molecule has 0 unspecified atom stereocenters. The number of carbonyl (C=O) groups is 1. The van der Waals surface area contributed by atoms with E-state index in [4.69, 9.17) is 23.2 Å². The SMILES string of the molecule is Cc1ccc(C(=O)Nc2cc(Cl)ccc2Cl)cc1. The van der Waals surface area contributed by atoms with E-state index < -0.39 is 0 Å². The van der Waals surface area contributed by atoms with E-state index in [1.54, 1.807) is 30.3 Å². The average molecular weight is 280 g/mol. The summed E-state index contributed by atoms with van der Waals surface area (Å²) < 4.78 is 0. The third-order valence-corrected chi connectivity index (χ3v) is 3.06. The van der Waals surface area contributed by atoms with Crippen LogP contribution in [0.2, 0.25) is 10.0 Å². The molecule has 4 heteroatoms. The number of anilines is 1. The summed E-state index contributed by atoms with van der Waals surface area (Å²) >= 11 is 11.8. The molecule has 0 aliphatic rings. The lowest BCUT2D eigenvalue weighted by Crippen LogP contribution is -2.12. The highest BCUT2D eigenvalue weighted by Crippen LogP contribution is 2.25. The number of nitrogens with one attached hydrogen (secondary N) is 1. The molecule has 2 nitrogen and oxygen atoms in total. The molecule has 0 aliphatic heterocycles. The van der Waals surface area contributed by atoms with Crippen LogP contribution in [-0.2, 0) is 0 Å². The van der Waals surface area contributed by atoms with E-state index in [1.165, 1.54) is 0 Å². The molecule has 2 aromatic rings. The van der Waals surface area contributed by atoms with Gasteiger partial charge in [0.05, 0.1) is 10.7 Å². The van der Waals surface area contributed by atoms with E-state index >= 15 is 0 Å². The van der Waals surface area contributed by atoms with Crippen molar-refractivity contribution in [2.45, 2.75) is 6.92 Å². The smallest absolute Gasteiger partial charge is 0.255 e. The quantitative estimate of drug-likeness (QED) is 0.858. The van der Waals surface area contributed by atoms with Crippen LogP contribution in [0.15, 0.2) is 42.5 Å². The number of hydrogen-bond donors (Lipinski definition) is 1. The highest BCUT2D eigenvalue weighted by Gasteiger charge is 2.08. The second kappa shape index (κ2) is 5.42. The Balaban J connectivity index is 2.21. The van der Waals surface area contributed by atoms with E-state index in [9.17, 15) is 4.79 Å². The van der Waals surface area contributed by atoms with Crippen molar-refractivity contribution >= 4 is 34.8 Å². The first-order valence-electron chi connectivity index (χ1n) is 5.39. The standard InChI is InChI=1S/C14H11Cl2NO/c1-9-2-4-10(5-3-9)14(18)17-13-8-11(15)6-7-12(13)16/h2-8H,1H3,(H,17,18). The van der Waals surface area contributed by atoms with Gasteiger partial charge in [0.15, 0.2) is 0 Å². The third kappa shape index (κ3) is 3.03. The van der Waals surface area contributed by atoms with Crippen LogP contribution in [-0.4, -0.2) is 5.91 Å². The molecule has 0 saturated carbocycles. The Morgan fingerprint density at radius 2 is 1.72 bits per heavy atom. The van der Waals surface area contributed by atoms with Gasteiger partial charge in [-0.15, -0.1) is 0 Å². The van der Waals surface area contributed by atoms with E-state index in [0.29, 0.717) is 21.3 Å². The minimum Gasteiger partial charge on any atom is -0.321 e. The predicted molar refractivity (Wildman–Crippen MR) is 75.6 cm³/mol. The van der Waals surface area contributed by atoms with Crippen molar-refractivity contribution in [3.05, 3.63) is 63.6 Å². The van der Waals surface area contributed by atoms with Crippen LogP contribution in [0.3, 0.4) is 0 Å². The van der Waals surface area contributed by atoms with E-state index in [1.807, 2.05) is 19.1 Å². The number of benzene rings is 2. The van der Waals surface area contributed by atoms with Crippen LogP contribution in [0.1, 0.15) is 15.9 Å². The van der Waals surface area contributed by atoms with Gasteiger partial charge >= 0.3 is 0 Å². The Morgan fingerprint density at radius 1 is 1.06 bits per heavy atom. The van der Waals surface area contributed by atoms with Crippen LogP contribution in [0, 0.1) is 6.92 Å². The van der Waals surface area contributed by atoms with Crippen molar-refractivity contribution in [1.29, 1.82) is 0 Å². The normalized spacial score (nSPS) is 10.2. The van der Waals surface area contributed by atoms with E-state index in [0.717, 1.165) is 5.56 Å². The van der Waals surface area contributed by atoms with Crippen LogP contribution < -0.4 is 5.32 Å². The van der Waals surface area contributed by atoms with Gasteiger partial charge in [-0.05, 0) is 37.3 Å². The molecular formula is C14H11Cl2NO. The molecule has 0 aromatic heterocycles. The zero-order chi connectivity index (χ0) is 13.1. The Labute approximate surface area is 116 Å². The van der Waals surface area contributed by atoms with Crippen LogP contribution in [0.25, 0.3) is 0 Å². The van der Waals surface area contributed by atoms with Crippen molar-refractivity contribution in [2.75, 3.05) is 5.32 Å². The molecule has 0 radical (unpaired) electrons. The lowest BCUT2D eigenvalue weighted by atomic mass is 10.1. The molecule has 1 N–H and O–H groups in total. The summed E-state index contributed by atoms with van der Waals surface area (Å²) in [5.74, 6) is -0.209. The Hall–Kier alpha value is -1.51. The van der Waals surface area contributed by atoms with Gasteiger partial charge in [0, 0.05) is 10.6 Å². The van der Waals surface area contributed by atoms with Gasteiger partial charge in [0.2, 0.25) is 0 Å². The van der Waals surface area contributed by atoms with Crippen LogP contribution >= 0.6 is 23.2 Å². The first-order chi connectivity index (χ1) is 8.56. The number of carbonyl (C=O) groups excluding carboxylic acids is 1. The maximum atomic E-state index is 12.0. The van der Waals surface area contributed by atoms with Gasteiger partial charge in [-0.25, -0.2) is 0 Å². The molecule has 92 valence electrons. The second-order valence-electron chi connectivity index (χ2n) is 3.94. The van der Waals surface area contributed by atoms with Crippen LogP contribution in [0.5, 0.6) is 0 Å². The summed E-state index contributed by atoms with van der Waals surface area (Å²) in [7, 11) is 0. The molecule has 0 saturated heterocycles. The topological polar surface area (TPSA) is 29.1 Å². The Bertz CT molecular complexity index is 579. The summed E-state index contributed by atoms with van der Waals surface area (Å²) in [5, 5.41) is 3.72. The van der Waals surface area contributed by atoms with Crippen molar-refractivity contribution in [1.82, 2.24) is 0 Å². The van der Waals surface area contributed by atoms with Crippen molar-refractivity contribution < 1.29 is 4.79 Å². The van der Waals surface area contributed by atoms with Gasteiger partial charge in [0.25, 0.3) is 5.91 Å². The average Bonchev–Trinajstić information content (AvgIpc) is 2.34. The minimum atomic E-state index is -0.209. The number of aryl methyl sites for hydroxylation is 1. The third-order valence-electron chi connectivity index (χ3n) is 2.49.